The Hall–Kier alpha value is -0.0800. The standard InChI is InChI=1S/C11H26N2/c1-10(2)7-12(5)9-13(6)8-11(3)4/h10-11H,7-9H2,1-6H3. The van der Waals surface area contributed by atoms with Crippen LogP contribution in [0.1, 0.15) is 27.7 Å². The van der Waals surface area contributed by atoms with Crippen LogP contribution in [0.4, 0.5) is 0 Å². The summed E-state index contributed by atoms with van der Waals surface area (Å²) in [5, 5.41) is 0. The van der Waals surface area contributed by atoms with E-state index in [0.29, 0.717) is 0 Å². The topological polar surface area (TPSA) is 6.48 Å². The Labute approximate surface area is 83.9 Å². The fourth-order valence-corrected chi connectivity index (χ4v) is 1.77. The molecular weight excluding hydrogens is 160 g/mol. The van der Waals surface area contributed by atoms with Crippen molar-refractivity contribution in [2.45, 2.75) is 27.7 Å². The van der Waals surface area contributed by atoms with Crippen molar-refractivity contribution in [3.63, 3.8) is 0 Å². The number of nitrogens with zero attached hydrogens (tertiary/aromatic N) is 2. The second-order valence-electron chi connectivity index (χ2n) is 5.01. The van der Waals surface area contributed by atoms with Crippen molar-refractivity contribution >= 4 is 0 Å². The molecule has 0 atom stereocenters. The molecule has 0 heterocycles. The van der Waals surface area contributed by atoms with Gasteiger partial charge in [0.15, 0.2) is 0 Å². The van der Waals surface area contributed by atoms with Crippen LogP contribution in [0.15, 0.2) is 0 Å². The molecule has 80 valence electrons. The molecule has 0 unspecified atom stereocenters. The van der Waals surface area contributed by atoms with Crippen LogP contribution in [-0.2, 0) is 0 Å². The summed E-state index contributed by atoms with van der Waals surface area (Å²) in [5.74, 6) is 1.52. The van der Waals surface area contributed by atoms with Crippen LogP contribution in [0.2, 0.25) is 0 Å². The Morgan fingerprint density at radius 3 is 1.31 bits per heavy atom. The lowest BCUT2D eigenvalue weighted by molar-refractivity contribution is 0.157. The molecule has 0 aromatic carbocycles. The molecule has 0 aliphatic carbocycles. The lowest BCUT2D eigenvalue weighted by Crippen LogP contribution is -2.36. The van der Waals surface area contributed by atoms with E-state index in [2.05, 4.69) is 51.6 Å². The third-order valence-corrected chi connectivity index (χ3v) is 1.84. The Bertz CT molecular complexity index is 107. The van der Waals surface area contributed by atoms with E-state index in [0.717, 1.165) is 18.5 Å². The van der Waals surface area contributed by atoms with Gasteiger partial charge in [0.25, 0.3) is 0 Å². The van der Waals surface area contributed by atoms with Gasteiger partial charge in [0.2, 0.25) is 0 Å². The Morgan fingerprint density at radius 1 is 0.769 bits per heavy atom. The van der Waals surface area contributed by atoms with Gasteiger partial charge in [-0.3, -0.25) is 9.80 Å². The van der Waals surface area contributed by atoms with Crippen LogP contribution < -0.4 is 0 Å². The van der Waals surface area contributed by atoms with Gasteiger partial charge in [0.1, 0.15) is 0 Å². The highest BCUT2D eigenvalue weighted by Crippen LogP contribution is 1.99. The van der Waals surface area contributed by atoms with Crippen molar-refractivity contribution < 1.29 is 0 Å². The minimum absolute atomic E-state index is 0.762. The summed E-state index contributed by atoms with van der Waals surface area (Å²) in [7, 11) is 4.38. The van der Waals surface area contributed by atoms with Crippen LogP contribution in [0.3, 0.4) is 0 Å². The van der Waals surface area contributed by atoms with Gasteiger partial charge in [-0.1, -0.05) is 27.7 Å². The maximum Gasteiger partial charge on any atom is 0.0500 e. The third-order valence-electron chi connectivity index (χ3n) is 1.84. The van der Waals surface area contributed by atoms with Crippen LogP contribution in [-0.4, -0.2) is 43.7 Å². The first-order valence-electron chi connectivity index (χ1n) is 5.29. The summed E-state index contributed by atoms with van der Waals surface area (Å²) < 4.78 is 0. The molecule has 0 N–H and O–H groups in total. The predicted octanol–water partition coefficient (Wildman–Crippen LogP) is 2.12. The highest BCUT2D eigenvalue weighted by molar-refractivity contribution is 4.57. The molecule has 0 spiro atoms. The molecule has 0 saturated heterocycles. The van der Waals surface area contributed by atoms with Crippen molar-refractivity contribution in [1.29, 1.82) is 0 Å². The molecule has 0 amide bonds. The van der Waals surface area contributed by atoms with Crippen molar-refractivity contribution in [2.75, 3.05) is 33.9 Å². The Balaban J connectivity index is 3.58. The molecule has 2 heteroatoms. The summed E-state index contributed by atoms with van der Waals surface area (Å²) >= 11 is 0. The molecule has 0 radical (unpaired) electrons. The van der Waals surface area contributed by atoms with Crippen LogP contribution >= 0.6 is 0 Å². The van der Waals surface area contributed by atoms with E-state index in [1.807, 2.05) is 0 Å². The molecular formula is C11H26N2. The lowest BCUT2D eigenvalue weighted by Gasteiger charge is -2.26. The van der Waals surface area contributed by atoms with Crippen molar-refractivity contribution in [3.8, 4) is 0 Å². The summed E-state index contributed by atoms with van der Waals surface area (Å²) in [4.78, 5) is 4.76. The molecule has 0 bridgehead atoms. The highest BCUT2D eigenvalue weighted by atomic mass is 15.3. The fourth-order valence-electron chi connectivity index (χ4n) is 1.77. The number of rotatable bonds is 6. The maximum absolute atomic E-state index is 2.38. The fraction of sp³-hybridized carbons (Fsp3) is 1.00. The van der Waals surface area contributed by atoms with Crippen LogP contribution in [0, 0.1) is 11.8 Å². The second kappa shape index (κ2) is 6.39. The van der Waals surface area contributed by atoms with E-state index < -0.39 is 0 Å². The zero-order valence-electron chi connectivity index (χ0n) is 10.2. The minimum Gasteiger partial charge on any atom is -0.293 e. The van der Waals surface area contributed by atoms with E-state index >= 15 is 0 Å². The first-order chi connectivity index (χ1) is 5.91. The minimum atomic E-state index is 0.762. The van der Waals surface area contributed by atoms with Gasteiger partial charge in [-0.15, -0.1) is 0 Å². The van der Waals surface area contributed by atoms with Gasteiger partial charge in [0.05, 0.1) is 6.67 Å². The van der Waals surface area contributed by atoms with Crippen molar-refractivity contribution in [1.82, 2.24) is 9.80 Å². The highest BCUT2D eigenvalue weighted by Gasteiger charge is 2.06. The average Bonchev–Trinajstić information content (AvgIpc) is 1.80. The summed E-state index contributed by atoms with van der Waals surface area (Å²) in [6, 6.07) is 0. The lowest BCUT2D eigenvalue weighted by atomic mass is 10.2. The predicted molar refractivity (Wildman–Crippen MR) is 59.8 cm³/mol. The SMILES string of the molecule is CC(C)CN(C)CN(C)CC(C)C. The maximum atomic E-state index is 2.38. The summed E-state index contributed by atoms with van der Waals surface area (Å²) in [5.41, 5.74) is 0. The van der Waals surface area contributed by atoms with E-state index in [-0.39, 0.29) is 0 Å². The average molecular weight is 186 g/mol. The zero-order chi connectivity index (χ0) is 10.4. The first-order valence-corrected chi connectivity index (χ1v) is 5.29. The number of hydrogen-bond donors (Lipinski definition) is 0. The normalized spacial score (nSPS) is 12.5. The van der Waals surface area contributed by atoms with E-state index in [4.69, 9.17) is 0 Å². The largest absolute Gasteiger partial charge is 0.293 e. The van der Waals surface area contributed by atoms with Gasteiger partial charge < -0.3 is 0 Å². The van der Waals surface area contributed by atoms with Crippen molar-refractivity contribution in [2.24, 2.45) is 11.8 Å². The Morgan fingerprint density at radius 2 is 1.08 bits per heavy atom. The molecule has 0 aromatic rings. The molecule has 0 saturated carbocycles. The monoisotopic (exact) mass is 186 g/mol. The van der Waals surface area contributed by atoms with E-state index in [9.17, 15) is 0 Å². The number of hydrogen-bond acceptors (Lipinski definition) is 2. The molecule has 0 fully saturated rings. The molecule has 2 nitrogen and oxygen atoms in total. The summed E-state index contributed by atoms with van der Waals surface area (Å²) in [6.45, 7) is 12.5. The molecule has 0 aromatic heterocycles. The van der Waals surface area contributed by atoms with Gasteiger partial charge in [-0.2, -0.15) is 0 Å². The molecule has 0 aliphatic heterocycles. The van der Waals surface area contributed by atoms with E-state index in [1.54, 1.807) is 0 Å². The first kappa shape index (κ1) is 12.9. The quantitative estimate of drug-likeness (QED) is 0.586. The van der Waals surface area contributed by atoms with Gasteiger partial charge in [0, 0.05) is 13.1 Å². The molecule has 0 aliphatic rings. The van der Waals surface area contributed by atoms with E-state index in [1.165, 1.54) is 13.1 Å². The van der Waals surface area contributed by atoms with Crippen LogP contribution in [0.5, 0.6) is 0 Å². The third kappa shape index (κ3) is 8.26. The molecule has 13 heavy (non-hydrogen) atoms. The Kier molecular flexibility index (Phi) is 6.35. The zero-order valence-corrected chi connectivity index (χ0v) is 10.2. The van der Waals surface area contributed by atoms with Crippen molar-refractivity contribution in [3.05, 3.63) is 0 Å². The smallest absolute Gasteiger partial charge is 0.0500 e. The summed E-state index contributed by atoms with van der Waals surface area (Å²) in [6.07, 6.45) is 0. The molecule has 0 rings (SSSR count). The van der Waals surface area contributed by atoms with Crippen LogP contribution in [0.25, 0.3) is 0 Å². The van der Waals surface area contributed by atoms with Gasteiger partial charge in [-0.25, -0.2) is 0 Å². The van der Waals surface area contributed by atoms with Gasteiger partial charge in [-0.05, 0) is 25.9 Å². The van der Waals surface area contributed by atoms with Gasteiger partial charge >= 0.3 is 0 Å². The second-order valence-corrected chi connectivity index (χ2v) is 5.01.